The van der Waals surface area contributed by atoms with Gasteiger partial charge in [0.05, 0.1) is 11.1 Å². The second-order valence-electron chi connectivity index (χ2n) is 7.86. The third kappa shape index (κ3) is 3.57. The van der Waals surface area contributed by atoms with E-state index in [9.17, 15) is 14.7 Å². The number of amides is 1. The Kier molecular flexibility index (Phi) is 5.03. The Bertz CT molecular complexity index is 1270. The number of aromatic hydroxyl groups is 1. The van der Waals surface area contributed by atoms with Crippen molar-refractivity contribution in [2.45, 2.75) is 6.54 Å². The highest BCUT2D eigenvalue weighted by Crippen LogP contribution is 2.40. The minimum absolute atomic E-state index is 0.0392. The van der Waals surface area contributed by atoms with E-state index in [1.54, 1.807) is 24.4 Å². The molecule has 2 aliphatic rings. The van der Waals surface area contributed by atoms with Crippen molar-refractivity contribution in [2.24, 2.45) is 0 Å². The lowest BCUT2D eigenvalue weighted by molar-refractivity contribution is 0.101. The fourth-order valence-electron chi connectivity index (χ4n) is 4.15. The molecule has 3 heterocycles. The molecule has 1 amide bonds. The molecule has 0 spiro atoms. The van der Waals surface area contributed by atoms with E-state index in [0.29, 0.717) is 54.6 Å². The molecule has 0 radical (unpaired) electrons. The molecule has 5 rings (SSSR count). The minimum atomic E-state index is -0.935. The van der Waals surface area contributed by atoms with Crippen LogP contribution in [0.5, 0.6) is 11.5 Å². The van der Waals surface area contributed by atoms with Gasteiger partial charge in [-0.25, -0.2) is 4.79 Å². The quantitative estimate of drug-likeness (QED) is 0.519. The fourth-order valence-corrected chi connectivity index (χ4v) is 4.32. The predicted molar refractivity (Wildman–Crippen MR) is 119 cm³/mol. The summed E-state index contributed by atoms with van der Waals surface area (Å²) in [5, 5.41) is 21.1. The van der Waals surface area contributed by atoms with Crippen LogP contribution in [0.3, 0.4) is 0 Å². The Hall–Kier alpha value is -3.49. The van der Waals surface area contributed by atoms with E-state index in [1.807, 2.05) is 17.0 Å². The molecule has 3 N–H and O–H groups in total. The first-order valence-electron chi connectivity index (χ1n) is 10.2. The highest BCUT2D eigenvalue weighted by Gasteiger charge is 2.32. The Labute approximate surface area is 188 Å². The number of carbonyl (C=O) groups excluding carboxylic acids is 1. The van der Waals surface area contributed by atoms with Gasteiger partial charge in [-0.2, -0.15) is 0 Å². The molecule has 1 aromatic heterocycles. The van der Waals surface area contributed by atoms with Gasteiger partial charge in [-0.15, -0.1) is 0 Å². The number of nitrogens with zero attached hydrogens (tertiary/aromatic N) is 2. The number of nitrogens with one attached hydrogen (secondary N) is 1. The number of halogens is 1. The van der Waals surface area contributed by atoms with E-state index in [-0.39, 0.29) is 17.3 Å². The summed E-state index contributed by atoms with van der Waals surface area (Å²) >= 11 is 6.12. The Morgan fingerprint density at radius 1 is 1.19 bits per heavy atom. The maximum atomic E-state index is 13.0. The molecule has 0 saturated carbocycles. The Balaban J connectivity index is 1.43. The van der Waals surface area contributed by atoms with Crippen molar-refractivity contribution in [1.29, 1.82) is 0 Å². The summed E-state index contributed by atoms with van der Waals surface area (Å²) in [5.74, 6) is 0.300. The summed E-state index contributed by atoms with van der Waals surface area (Å²) in [7, 11) is 0. The molecule has 0 bridgehead atoms. The van der Waals surface area contributed by atoms with Gasteiger partial charge in [-0.05, 0) is 36.4 Å². The highest BCUT2D eigenvalue weighted by molar-refractivity contribution is 6.31. The van der Waals surface area contributed by atoms with Gasteiger partial charge >= 0.3 is 6.09 Å². The van der Waals surface area contributed by atoms with Crippen molar-refractivity contribution in [3.05, 3.63) is 64.0 Å². The molecule has 1 saturated heterocycles. The maximum absolute atomic E-state index is 13.0. The van der Waals surface area contributed by atoms with Crippen LogP contribution >= 0.6 is 11.6 Å². The van der Waals surface area contributed by atoms with Crippen LogP contribution in [-0.4, -0.2) is 63.1 Å². The van der Waals surface area contributed by atoms with Gasteiger partial charge in [0.25, 0.3) is 0 Å². The molecular weight excluding hydrogens is 434 g/mol. The van der Waals surface area contributed by atoms with Crippen LogP contribution < -0.4 is 4.74 Å². The van der Waals surface area contributed by atoms with E-state index in [1.165, 1.54) is 11.0 Å². The zero-order chi connectivity index (χ0) is 22.4. The van der Waals surface area contributed by atoms with Gasteiger partial charge in [0.2, 0.25) is 5.78 Å². The first-order valence-corrected chi connectivity index (χ1v) is 10.5. The third-order valence-corrected chi connectivity index (χ3v) is 6.14. The van der Waals surface area contributed by atoms with E-state index in [4.69, 9.17) is 21.4 Å². The topological polar surface area (TPSA) is 106 Å². The number of fused-ring (bicyclic) bond motifs is 2. The van der Waals surface area contributed by atoms with Gasteiger partial charge in [0.1, 0.15) is 11.5 Å². The van der Waals surface area contributed by atoms with E-state index >= 15 is 0 Å². The number of hydrogen-bond donors (Lipinski definition) is 3. The normalized spacial score (nSPS) is 17.7. The number of aromatic amines is 1. The van der Waals surface area contributed by atoms with Crippen LogP contribution in [0.15, 0.2) is 42.3 Å². The second kappa shape index (κ2) is 7.89. The number of phenolic OH excluding ortho intramolecular Hbond substituents is 1. The van der Waals surface area contributed by atoms with Crippen LogP contribution in [0.25, 0.3) is 17.0 Å². The van der Waals surface area contributed by atoms with Crippen molar-refractivity contribution in [2.75, 3.05) is 26.2 Å². The molecular formula is C23H20ClN3O5. The molecule has 0 unspecified atom stereocenters. The van der Waals surface area contributed by atoms with Gasteiger partial charge in [0.15, 0.2) is 5.76 Å². The Morgan fingerprint density at radius 3 is 2.72 bits per heavy atom. The van der Waals surface area contributed by atoms with Crippen molar-refractivity contribution < 1.29 is 24.5 Å². The highest BCUT2D eigenvalue weighted by atomic mass is 35.5. The SMILES string of the molecule is O=C1C(=Cc2c[nH]c3ccc(Cl)cc23)Oc2c1ccc(O)c2CN1CCN(C(=O)O)CC1. The number of benzene rings is 2. The molecule has 32 heavy (non-hydrogen) atoms. The van der Waals surface area contributed by atoms with Crippen molar-refractivity contribution in [3.8, 4) is 11.5 Å². The van der Waals surface area contributed by atoms with E-state index in [2.05, 4.69) is 4.98 Å². The van der Waals surface area contributed by atoms with Gasteiger partial charge < -0.3 is 24.8 Å². The molecule has 8 nitrogen and oxygen atoms in total. The number of Topliss-reactive ketones (excluding diaryl/α,β-unsaturated/α-hetero) is 1. The monoisotopic (exact) mass is 453 g/mol. The predicted octanol–water partition coefficient (Wildman–Crippen LogP) is 3.94. The first-order chi connectivity index (χ1) is 15.4. The largest absolute Gasteiger partial charge is 0.507 e. The molecule has 9 heteroatoms. The zero-order valence-electron chi connectivity index (χ0n) is 17.0. The average molecular weight is 454 g/mol. The molecule has 2 aromatic carbocycles. The zero-order valence-corrected chi connectivity index (χ0v) is 17.7. The number of H-pyrrole nitrogens is 1. The van der Waals surface area contributed by atoms with Gasteiger partial charge in [0, 0.05) is 60.4 Å². The van der Waals surface area contributed by atoms with Crippen molar-refractivity contribution in [3.63, 3.8) is 0 Å². The molecule has 2 aliphatic heterocycles. The van der Waals surface area contributed by atoms with Crippen LogP contribution in [0.1, 0.15) is 21.5 Å². The summed E-state index contributed by atoms with van der Waals surface area (Å²) in [6.07, 6.45) is 2.52. The number of aromatic nitrogens is 1. The summed E-state index contributed by atoms with van der Waals surface area (Å²) in [6, 6.07) is 8.53. The van der Waals surface area contributed by atoms with Crippen LogP contribution in [-0.2, 0) is 6.54 Å². The number of rotatable bonds is 3. The molecule has 3 aromatic rings. The summed E-state index contributed by atoms with van der Waals surface area (Å²) < 4.78 is 5.96. The lowest BCUT2D eigenvalue weighted by atomic mass is 10.0. The van der Waals surface area contributed by atoms with Gasteiger partial charge in [-0.1, -0.05) is 11.6 Å². The second-order valence-corrected chi connectivity index (χ2v) is 8.30. The minimum Gasteiger partial charge on any atom is -0.507 e. The molecule has 0 aliphatic carbocycles. The number of ether oxygens (including phenoxy) is 1. The lowest BCUT2D eigenvalue weighted by Crippen LogP contribution is -2.47. The van der Waals surface area contributed by atoms with E-state index in [0.717, 1.165) is 16.5 Å². The summed E-state index contributed by atoms with van der Waals surface area (Å²) in [6.45, 7) is 2.19. The maximum Gasteiger partial charge on any atom is 0.407 e. The Morgan fingerprint density at radius 2 is 1.97 bits per heavy atom. The smallest absolute Gasteiger partial charge is 0.407 e. The number of allylic oxidation sites excluding steroid dienone is 1. The molecule has 1 fully saturated rings. The number of phenols is 1. The van der Waals surface area contributed by atoms with Crippen molar-refractivity contribution in [1.82, 2.24) is 14.8 Å². The molecule has 0 atom stereocenters. The average Bonchev–Trinajstić information content (AvgIpc) is 3.31. The van der Waals surface area contributed by atoms with E-state index < -0.39 is 6.09 Å². The molecule has 164 valence electrons. The third-order valence-electron chi connectivity index (χ3n) is 5.90. The van der Waals surface area contributed by atoms with Crippen LogP contribution in [0.4, 0.5) is 4.79 Å². The number of piperazine rings is 1. The van der Waals surface area contributed by atoms with Crippen molar-refractivity contribution >= 4 is 40.5 Å². The van der Waals surface area contributed by atoms with Gasteiger partial charge in [-0.3, -0.25) is 9.69 Å². The number of carbonyl (C=O) groups is 2. The van der Waals surface area contributed by atoms with Crippen LogP contribution in [0, 0.1) is 0 Å². The summed E-state index contributed by atoms with van der Waals surface area (Å²) in [5.41, 5.74) is 2.58. The van der Waals surface area contributed by atoms with Crippen LogP contribution in [0.2, 0.25) is 5.02 Å². The summed E-state index contributed by atoms with van der Waals surface area (Å²) in [4.78, 5) is 30.7. The first kappa shape index (κ1) is 20.4. The fraction of sp³-hybridized carbons (Fsp3) is 0.217. The number of hydrogen-bond acceptors (Lipinski definition) is 5. The number of carboxylic acid groups (broad SMARTS) is 1. The lowest BCUT2D eigenvalue weighted by Gasteiger charge is -2.33. The standard InChI is InChI=1S/C23H20ClN3O5/c24-14-1-3-18-16(10-14)13(11-25-18)9-20-21(29)15-2-4-19(28)17(22(15)32-20)12-26-5-7-27(8-6-26)23(30)31/h1-4,9-11,25,28H,5-8,12H2,(H,30,31). The number of ketones is 1.